The van der Waals surface area contributed by atoms with Crippen LogP contribution in [0.1, 0.15) is 27.0 Å². The van der Waals surface area contributed by atoms with Gasteiger partial charge in [-0.1, -0.05) is 42.0 Å². The number of hydrogen-bond donors (Lipinski definition) is 2. The number of carbonyl (C=O) groups excluding carboxylic acids is 1. The molecule has 2 aromatic rings. The second-order valence-corrected chi connectivity index (χ2v) is 5.12. The van der Waals surface area contributed by atoms with E-state index in [0.717, 1.165) is 11.1 Å². The van der Waals surface area contributed by atoms with Crippen molar-refractivity contribution < 1.29 is 4.79 Å². The van der Waals surface area contributed by atoms with Gasteiger partial charge in [-0.15, -0.1) is 0 Å². The van der Waals surface area contributed by atoms with Crippen molar-refractivity contribution >= 4 is 28.8 Å². The summed E-state index contributed by atoms with van der Waals surface area (Å²) >= 11 is 5.05. The molecule has 0 aromatic heterocycles. The molecule has 3 nitrogen and oxygen atoms in total. The number of nitrogens with two attached hydrogens (primary N) is 1. The molecule has 0 bridgehead atoms. The van der Waals surface area contributed by atoms with Crippen LogP contribution in [0.2, 0.25) is 0 Å². The fraction of sp³-hybridized carbons (Fsp3) is 0.125. The van der Waals surface area contributed by atoms with Gasteiger partial charge in [0, 0.05) is 11.1 Å². The zero-order chi connectivity index (χ0) is 14.7. The highest BCUT2D eigenvalue weighted by atomic mass is 32.1. The second-order valence-electron chi connectivity index (χ2n) is 4.68. The summed E-state index contributed by atoms with van der Waals surface area (Å²) in [4.78, 5) is 12.5. The lowest BCUT2D eigenvalue weighted by molar-refractivity contribution is 0.102. The number of thiocarbonyl (C=S) groups is 1. The van der Waals surface area contributed by atoms with Crippen LogP contribution in [-0.4, -0.2) is 10.9 Å². The van der Waals surface area contributed by atoms with E-state index >= 15 is 0 Å². The van der Waals surface area contributed by atoms with Gasteiger partial charge in [0.1, 0.15) is 4.99 Å². The van der Waals surface area contributed by atoms with Crippen LogP contribution in [-0.2, 0) is 0 Å². The minimum atomic E-state index is -0.173. The second kappa shape index (κ2) is 5.84. The first kappa shape index (κ1) is 14.2. The molecule has 102 valence electrons. The topological polar surface area (TPSA) is 55.1 Å². The Balaban J connectivity index is 2.30. The van der Waals surface area contributed by atoms with Gasteiger partial charge >= 0.3 is 0 Å². The number of amides is 1. The Kier molecular flexibility index (Phi) is 4.15. The molecule has 0 fully saturated rings. The standard InChI is InChI=1S/C16H16N2OS/c1-10-6-8-12(9-7-10)16(19)18-13-5-3-4-11(2)14(13)15(17)20/h3-9H,1-2H3,(H2,17,20)(H,18,19). The van der Waals surface area contributed by atoms with Crippen molar-refractivity contribution in [2.75, 3.05) is 5.32 Å². The molecule has 3 N–H and O–H groups in total. The highest BCUT2D eigenvalue weighted by Crippen LogP contribution is 2.20. The molecule has 0 aliphatic heterocycles. The van der Waals surface area contributed by atoms with Gasteiger partial charge < -0.3 is 11.1 Å². The van der Waals surface area contributed by atoms with Gasteiger partial charge in [-0.3, -0.25) is 4.79 Å². The molecule has 0 radical (unpaired) electrons. The van der Waals surface area contributed by atoms with Gasteiger partial charge in [0.15, 0.2) is 0 Å². The minimum absolute atomic E-state index is 0.173. The molecule has 0 aliphatic rings. The van der Waals surface area contributed by atoms with Gasteiger partial charge in [-0.2, -0.15) is 0 Å². The summed E-state index contributed by atoms with van der Waals surface area (Å²) in [6.45, 7) is 3.89. The lowest BCUT2D eigenvalue weighted by Gasteiger charge is -2.12. The first-order valence-electron chi connectivity index (χ1n) is 6.26. The molecule has 2 aromatic carbocycles. The number of hydrogen-bond acceptors (Lipinski definition) is 2. The summed E-state index contributed by atoms with van der Waals surface area (Å²) in [6.07, 6.45) is 0. The average molecular weight is 284 g/mol. The summed E-state index contributed by atoms with van der Waals surface area (Å²) in [7, 11) is 0. The number of nitrogens with one attached hydrogen (secondary N) is 1. The highest BCUT2D eigenvalue weighted by molar-refractivity contribution is 7.80. The van der Waals surface area contributed by atoms with Crippen molar-refractivity contribution in [1.82, 2.24) is 0 Å². The average Bonchev–Trinajstić information content (AvgIpc) is 2.39. The molecule has 1 amide bonds. The Morgan fingerprint density at radius 2 is 1.75 bits per heavy atom. The zero-order valence-corrected chi connectivity index (χ0v) is 12.3. The van der Waals surface area contributed by atoms with Crippen LogP contribution in [0.3, 0.4) is 0 Å². The molecule has 0 aliphatic carbocycles. The van der Waals surface area contributed by atoms with Gasteiger partial charge in [0.25, 0.3) is 5.91 Å². The molecular weight excluding hydrogens is 268 g/mol. The largest absolute Gasteiger partial charge is 0.389 e. The maximum atomic E-state index is 12.2. The predicted octanol–water partition coefficient (Wildman–Crippen LogP) is 3.19. The third kappa shape index (κ3) is 3.03. The van der Waals surface area contributed by atoms with Crippen molar-refractivity contribution in [3.8, 4) is 0 Å². The predicted molar refractivity (Wildman–Crippen MR) is 86.2 cm³/mol. The van der Waals surface area contributed by atoms with Gasteiger partial charge in [-0.25, -0.2) is 0 Å². The molecule has 2 rings (SSSR count). The van der Waals surface area contributed by atoms with E-state index in [2.05, 4.69) is 5.32 Å². The Morgan fingerprint density at radius 1 is 1.10 bits per heavy atom. The fourth-order valence-corrected chi connectivity index (χ4v) is 2.27. The number of aryl methyl sites for hydroxylation is 2. The first-order chi connectivity index (χ1) is 9.49. The van der Waals surface area contributed by atoms with Crippen molar-refractivity contribution in [2.45, 2.75) is 13.8 Å². The molecular formula is C16H16N2OS. The van der Waals surface area contributed by atoms with Gasteiger partial charge in [0.2, 0.25) is 0 Å². The lowest BCUT2D eigenvalue weighted by Crippen LogP contribution is -2.18. The van der Waals surface area contributed by atoms with E-state index in [4.69, 9.17) is 18.0 Å². The number of carbonyl (C=O) groups is 1. The fourth-order valence-electron chi connectivity index (χ4n) is 2.00. The lowest BCUT2D eigenvalue weighted by atomic mass is 10.1. The van der Waals surface area contributed by atoms with Crippen molar-refractivity contribution in [3.05, 3.63) is 64.7 Å². The van der Waals surface area contributed by atoms with Crippen LogP contribution in [0.5, 0.6) is 0 Å². The number of anilines is 1. The first-order valence-corrected chi connectivity index (χ1v) is 6.67. The van der Waals surface area contributed by atoms with E-state index in [0.29, 0.717) is 16.8 Å². The number of rotatable bonds is 3. The minimum Gasteiger partial charge on any atom is -0.389 e. The normalized spacial score (nSPS) is 10.1. The van der Waals surface area contributed by atoms with Crippen LogP contribution >= 0.6 is 12.2 Å². The maximum absolute atomic E-state index is 12.2. The summed E-state index contributed by atoms with van der Waals surface area (Å²) in [5.74, 6) is -0.173. The molecule has 0 saturated heterocycles. The molecule has 20 heavy (non-hydrogen) atoms. The Labute approximate surface area is 123 Å². The Bertz CT molecular complexity index is 663. The Hall–Kier alpha value is -2.20. The molecule has 0 atom stereocenters. The number of benzene rings is 2. The van der Waals surface area contributed by atoms with Gasteiger partial charge in [-0.05, 0) is 37.6 Å². The van der Waals surface area contributed by atoms with E-state index in [1.54, 1.807) is 18.2 Å². The molecule has 0 spiro atoms. The maximum Gasteiger partial charge on any atom is 0.255 e. The summed E-state index contributed by atoms with van der Waals surface area (Å²) in [6, 6.07) is 13.0. The van der Waals surface area contributed by atoms with Crippen LogP contribution < -0.4 is 11.1 Å². The zero-order valence-electron chi connectivity index (χ0n) is 11.4. The molecule has 0 heterocycles. The SMILES string of the molecule is Cc1ccc(C(=O)Nc2cccc(C)c2C(N)=S)cc1. The summed E-state index contributed by atoms with van der Waals surface area (Å²) in [5.41, 5.74) is 9.74. The van der Waals surface area contributed by atoms with E-state index in [1.165, 1.54) is 0 Å². The molecule has 0 unspecified atom stereocenters. The third-order valence-corrected chi connectivity index (χ3v) is 3.29. The van der Waals surface area contributed by atoms with Crippen LogP contribution in [0.25, 0.3) is 0 Å². The summed E-state index contributed by atoms with van der Waals surface area (Å²) < 4.78 is 0. The molecule has 4 heteroatoms. The third-order valence-electron chi connectivity index (χ3n) is 3.08. The quantitative estimate of drug-likeness (QED) is 0.851. The van der Waals surface area contributed by atoms with Crippen LogP contribution in [0.4, 0.5) is 5.69 Å². The van der Waals surface area contributed by atoms with E-state index < -0.39 is 0 Å². The van der Waals surface area contributed by atoms with Crippen molar-refractivity contribution in [2.24, 2.45) is 5.73 Å². The molecule has 0 saturated carbocycles. The Morgan fingerprint density at radius 3 is 2.35 bits per heavy atom. The van der Waals surface area contributed by atoms with Crippen molar-refractivity contribution in [3.63, 3.8) is 0 Å². The van der Waals surface area contributed by atoms with E-state index in [-0.39, 0.29) is 10.9 Å². The summed E-state index contributed by atoms with van der Waals surface area (Å²) in [5, 5.41) is 2.86. The van der Waals surface area contributed by atoms with Gasteiger partial charge in [0.05, 0.1) is 5.69 Å². The van der Waals surface area contributed by atoms with E-state index in [1.807, 2.05) is 38.1 Å². The monoisotopic (exact) mass is 284 g/mol. The van der Waals surface area contributed by atoms with Crippen LogP contribution in [0, 0.1) is 13.8 Å². The van der Waals surface area contributed by atoms with Crippen molar-refractivity contribution in [1.29, 1.82) is 0 Å². The van der Waals surface area contributed by atoms with Crippen LogP contribution in [0.15, 0.2) is 42.5 Å². The smallest absolute Gasteiger partial charge is 0.255 e. The highest BCUT2D eigenvalue weighted by Gasteiger charge is 2.12. The van der Waals surface area contributed by atoms with E-state index in [9.17, 15) is 4.79 Å².